The molecule has 2 aromatic heterocycles. The van der Waals surface area contributed by atoms with Gasteiger partial charge in [-0.15, -0.1) is 0 Å². The second-order valence-electron chi connectivity index (χ2n) is 7.83. The molecule has 6 nitrogen and oxygen atoms in total. The zero-order valence-corrected chi connectivity index (χ0v) is 18.7. The smallest absolute Gasteiger partial charge is 0.278 e. The first-order valence-electron chi connectivity index (χ1n) is 9.73. The molecule has 1 aromatic carbocycles. The van der Waals surface area contributed by atoms with Gasteiger partial charge in [0.15, 0.2) is 5.16 Å². The van der Waals surface area contributed by atoms with Gasteiger partial charge in [0, 0.05) is 17.9 Å². The number of nitrogens with one attached hydrogen (secondary N) is 1. The van der Waals surface area contributed by atoms with Crippen molar-refractivity contribution in [2.24, 2.45) is 5.92 Å². The molecule has 2 heterocycles. The van der Waals surface area contributed by atoms with Crippen molar-refractivity contribution in [3.8, 4) is 0 Å². The zero-order valence-electron chi connectivity index (χ0n) is 17.9. The normalized spacial score (nSPS) is 11.4. The summed E-state index contributed by atoms with van der Waals surface area (Å²) in [5.41, 5.74) is 4.72. The molecule has 0 fully saturated rings. The maximum Gasteiger partial charge on any atom is 0.278 e. The molecule has 0 unspecified atom stereocenters. The van der Waals surface area contributed by atoms with Gasteiger partial charge < -0.3 is 9.88 Å². The Morgan fingerprint density at radius 3 is 2.41 bits per heavy atom. The topological polar surface area (TPSA) is 68.9 Å². The number of hydrogen-bond acceptors (Lipinski definition) is 4. The van der Waals surface area contributed by atoms with Gasteiger partial charge in [0.2, 0.25) is 5.91 Å². The molecule has 29 heavy (non-hydrogen) atoms. The number of benzene rings is 1. The number of hydrogen-bond donors (Lipinski definition) is 1. The van der Waals surface area contributed by atoms with Crippen LogP contribution in [0.2, 0.25) is 0 Å². The van der Waals surface area contributed by atoms with Gasteiger partial charge in [-0.05, 0) is 50.1 Å². The molecule has 0 saturated heterocycles. The summed E-state index contributed by atoms with van der Waals surface area (Å²) in [5, 5.41) is 3.71. The summed E-state index contributed by atoms with van der Waals surface area (Å²) in [7, 11) is 0. The zero-order chi connectivity index (χ0) is 21.3. The predicted molar refractivity (Wildman–Crippen MR) is 120 cm³/mol. The Bertz CT molecular complexity index is 1110. The van der Waals surface area contributed by atoms with Crippen LogP contribution in [-0.4, -0.2) is 26.3 Å². The van der Waals surface area contributed by atoms with Crippen molar-refractivity contribution in [3.63, 3.8) is 0 Å². The van der Waals surface area contributed by atoms with E-state index in [1.807, 2.05) is 51.3 Å². The first-order chi connectivity index (χ1) is 13.7. The van der Waals surface area contributed by atoms with Crippen LogP contribution in [0.3, 0.4) is 0 Å². The minimum Gasteiger partial charge on any atom is -0.330 e. The monoisotopic (exact) mass is 412 g/mol. The van der Waals surface area contributed by atoms with E-state index in [4.69, 9.17) is 0 Å². The minimum atomic E-state index is -0.160. The van der Waals surface area contributed by atoms with E-state index in [0.29, 0.717) is 28.7 Å². The number of rotatable bonds is 6. The molecule has 0 spiro atoms. The van der Waals surface area contributed by atoms with Crippen LogP contribution in [0.15, 0.2) is 34.2 Å². The van der Waals surface area contributed by atoms with E-state index in [1.165, 1.54) is 11.8 Å². The minimum absolute atomic E-state index is 0.0698. The molecule has 0 saturated carbocycles. The Kier molecular flexibility index (Phi) is 6.17. The molecule has 0 aliphatic carbocycles. The lowest BCUT2D eigenvalue weighted by Gasteiger charge is -2.15. The van der Waals surface area contributed by atoms with Crippen molar-refractivity contribution in [1.82, 2.24) is 14.1 Å². The lowest BCUT2D eigenvalue weighted by molar-refractivity contribution is -0.116. The summed E-state index contributed by atoms with van der Waals surface area (Å²) >= 11 is 1.46. The van der Waals surface area contributed by atoms with Crippen LogP contribution >= 0.6 is 11.8 Å². The molecular weight excluding hydrogens is 384 g/mol. The highest BCUT2D eigenvalue weighted by molar-refractivity contribution is 7.98. The van der Waals surface area contributed by atoms with Gasteiger partial charge >= 0.3 is 0 Å². The summed E-state index contributed by atoms with van der Waals surface area (Å²) in [5.74, 6) is 0.154. The third-order valence-electron chi connectivity index (χ3n) is 4.96. The summed E-state index contributed by atoms with van der Waals surface area (Å²) in [6.07, 6.45) is 1.92. The highest BCUT2D eigenvalue weighted by atomic mass is 32.2. The maximum atomic E-state index is 13.3. The van der Waals surface area contributed by atoms with Crippen LogP contribution in [0.5, 0.6) is 0 Å². The number of nitrogens with zero attached hydrogens (tertiary/aromatic N) is 3. The molecular formula is C22H28N4O2S. The fraction of sp³-hybridized carbons (Fsp3) is 0.409. The fourth-order valence-electron chi connectivity index (χ4n) is 3.57. The third-order valence-corrected chi connectivity index (χ3v) is 5.63. The van der Waals surface area contributed by atoms with E-state index in [1.54, 1.807) is 9.13 Å². The first-order valence-corrected chi connectivity index (χ1v) is 11.0. The molecule has 0 bridgehead atoms. The van der Waals surface area contributed by atoms with Crippen LogP contribution in [0.25, 0.3) is 11.0 Å². The van der Waals surface area contributed by atoms with Crippen LogP contribution in [0.4, 0.5) is 5.69 Å². The lowest BCUT2D eigenvalue weighted by Crippen LogP contribution is -2.28. The number of para-hydroxylation sites is 1. The van der Waals surface area contributed by atoms with E-state index in [0.717, 1.165) is 22.5 Å². The van der Waals surface area contributed by atoms with Gasteiger partial charge in [-0.2, -0.15) is 0 Å². The standard InChI is InChI=1S/C22H28N4O2S/c1-13(2)11-26-21(28)20-17(23-22(26)29-6)10-16(5)25(20)12-18(27)24-19-14(3)8-7-9-15(19)4/h7-10,13H,11-12H2,1-6H3,(H,24,27). The number of amides is 1. The molecule has 154 valence electrons. The second-order valence-corrected chi connectivity index (χ2v) is 8.60. The Morgan fingerprint density at radius 1 is 1.17 bits per heavy atom. The molecule has 0 aliphatic heterocycles. The Hall–Kier alpha value is -2.54. The van der Waals surface area contributed by atoms with Gasteiger partial charge in [-0.3, -0.25) is 14.2 Å². The molecule has 7 heteroatoms. The highest BCUT2D eigenvalue weighted by Gasteiger charge is 2.19. The van der Waals surface area contributed by atoms with E-state index in [9.17, 15) is 9.59 Å². The van der Waals surface area contributed by atoms with E-state index >= 15 is 0 Å². The average molecular weight is 413 g/mol. The number of anilines is 1. The van der Waals surface area contributed by atoms with Gasteiger partial charge in [0.25, 0.3) is 5.56 Å². The number of carbonyl (C=O) groups excluding carboxylic acids is 1. The molecule has 1 amide bonds. The van der Waals surface area contributed by atoms with Crippen molar-refractivity contribution in [3.05, 3.63) is 51.4 Å². The van der Waals surface area contributed by atoms with Crippen LogP contribution in [0, 0.1) is 26.7 Å². The first kappa shape index (κ1) is 21.2. The summed E-state index contributed by atoms with van der Waals surface area (Å²) in [6, 6.07) is 7.79. The molecule has 0 aliphatic rings. The van der Waals surface area contributed by atoms with Crippen molar-refractivity contribution in [1.29, 1.82) is 0 Å². The number of thioether (sulfide) groups is 1. The van der Waals surface area contributed by atoms with Gasteiger partial charge in [0.05, 0.1) is 5.52 Å². The van der Waals surface area contributed by atoms with Crippen LogP contribution < -0.4 is 10.9 Å². The van der Waals surface area contributed by atoms with Gasteiger partial charge in [-0.25, -0.2) is 4.98 Å². The van der Waals surface area contributed by atoms with E-state index < -0.39 is 0 Å². The Balaban J connectivity index is 2.02. The molecule has 0 atom stereocenters. The number of aromatic nitrogens is 3. The fourth-order valence-corrected chi connectivity index (χ4v) is 4.13. The Morgan fingerprint density at radius 2 is 1.83 bits per heavy atom. The molecule has 3 aromatic rings. The number of aryl methyl sites for hydroxylation is 3. The predicted octanol–water partition coefficient (Wildman–Crippen LogP) is 4.14. The van der Waals surface area contributed by atoms with Gasteiger partial charge in [0.1, 0.15) is 12.1 Å². The van der Waals surface area contributed by atoms with E-state index in [2.05, 4.69) is 24.1 Å². The van der Waals surface area contributed by atoms with Crippen molar-refractivity contribution < 1.29 is 4.79 Å². The van der Waals surface area contributed by atoms with Crippen molar-refractivity contribution in [2.45, 2.75) is 52.9 Å². The number of carbonyl (C=O) groups is 1. The van der Waals surface area contributed by atoms with E-state index in [-0.39, 0.29) is 18.0 Å². The van der Waals surface area contributed by atoms with Crippen LogP contribution in [0.1, 0.15) is 30.7 Å². The van der Waals surface area contributed by atoms with Crippen LogP contribution in [-0.2, 0) is 17.9 Å². The number of fused-ring (bicyclic) bond motifs is 1. The van der Waals surface area contributed by atoms with Crippen molar-refractivity contribution in [2.75, 3.05) is 11.6 Å². The summed E-state index contributed by atoms with van der Waals surface area (Å²) in [6.45, 7) is 10.6. The molecule has 3 rings (SSSR count). The second kappa shape index (κ2) is 8.45. The summed E-state index contributed by atoms with van der Waals surface area (Å²) in [4.78, 5) is 30.8. The van der Waals surface area contributed by atoms with Gasteiger partial charge in [-0.1, -0.05) is 43.8 Å². The average Bonchev–Trinajstić information content (AvgIpc) is 2.95. The molecule has 0 radical (unpaired) electrons. The quantitative estimate of drug-likeness (QED) is 0.488. The largest absolute Gasteiger partial charge is 0.330 e. The maximum absolute atomic E-state index is 13.3. The van der Waals surface area contributed by atoms with Crippen molar-refractivity contribution >= 4 is 34.4 Å². The summed E-state index contributed by atoms with van der Waals surface area (Å²) < 4.78 is 3.49. The lowest BCUT2D eigenvalue weighted by atomic mass is 10.1. The highest BCUT2D eigenvalue weighted by Crippen LogP contribution is 2.22. The SMILES string of the molecule is CSc1nc2cc(C)n(CC(=O)Nc3c(C)cccc3C)c2c(=O)n1CC(C)C. The Labute approximate surface area is 175 Å². The third kappa shape index (κ3) is 4.24. The molecule has 1 N–H and O–H groups in total.